The second-order valence-electron chi connectivity index (χ2n) is 6.57. The largest absolute Gasteiger partial charge is 0.381 e. The van der Waals surface area contributed by atoms with Crippen LogP contribution in [0.15, 0.2) is 0 Å². The lowest BCUT2D eigenvalue weighted by molar-refractivity contribution is -0.0436. The summed E-state index contributed by atoms with van der Waals surface area (Å²) < 4.78 is 5.60. The third-order valence-corrected chi connectivity index (χ3v) is 5.49. The van der Waals surface area contributed by atoms with E-state index in [0.717, 1.165) is 24.8 Å². The summed E-state index contributed by atoms with van der Waals surface area (Å²) >= 11 is 0. The highest BCUT2D eigenvalue weighted by molar-refractivity contribution is 4.99. The molecule has 2 aliphatic rings. The maximum atomic E-state index is 6.17. The van der Waals surface area contributed by atoms with E-state index in [9.17, 15) is 0 Å². The van der Waals surface area contributed by atoms with Gasteiger partial charge in [-0.3, -0.25) is 4.90 Å². The van der Waals surface area contributed by atoms with E-state index in [-0.39, 0.29) is 5.54 Å². The topological polar surface area (TPSA) is 38.5 Å². The van der Waals surface area contributed by atoms with Crippen LogP contribution < -0.4 is 5.73 Å². The smallest absolute Gasteiger partial charge is 0.0589 e. The highest BCUT2D eigenvalue weighted by Gasteiger charge is 2.42. The van der Waals surface area contributed by atoms with Gasteiger partial charge in [0.25, 0.3) is 0 Å². The third kappa shape index (κ3) is 2.73. The molecule has 0 aromatic rings. The molecule has 4 atom stereocenters. The van der Waals surface area contributed by atoms with Crippen molar-refractivity contribution in [2.75, 3.05) is 26.7 Å². The molecule has 0 aromatic heterocycles. The fraction of sp³-hybridized carbons (Fsp3) is 1.00. The first kappa shape index (κ1) is 14.3. The van der Waals surface area contributed by atoms with Gasteiger partial charge in [0.1, 0.15) is 0 Å². The Morgan fingerprint density at radius 1 is 1.28 bits per heavy atom. The first-order chi connectivity index (χ1) is 8.61. The number of nitrogens with zero attached hydrogens (tertiary/aromatic N) is 1. The number of nitrogens with two attached hydrogens (primary N) is 1. The molecule has 3 nitrogen and oxygen atoms in total. The number of rotatable bonds is 3. The molecule has 2 rings (SSSR count). The molecular weight excluding hydrogens is 224 g/mol. The zero-order valence-electron chi connectivity index (χ0n) is 12.3. The molecule has 0 aromatic carbocycles. The van der Waals surface area contributed by atoms with Crippen LogP contribution in [-0.2, 0) is 4.74 Å². The summed E-state index contributed by atoms with van der Waals surface area (Å²) in [4.78, 5) is 2.68. The van der Waals surface area contributed by atoms with Crippen LogP contribution in [0.1, 0.15) is 46.0 Å². The zero-order chi connectivity index (χ0) is 13.2. The summed E-state index contributed by atoms with van der Waals surface area (Å²) in [6, 6.07) is 0. The van der Waals surface area contributed by atoms with Crippen molar-refractivity contribution in [2.24, 2.45) is 17.6 Å². The second-order valence-corrected chi connectivity index (χ2v) is 6.57. The molecule has 2 N–H and O–H groups in total. The van der Waals surface area contributed by atoms with Crippen LogP contribution in [0, 0.1) is 11.8 Å². The first-order valence-corrected chi connectivity index (χ1v) is 7.59. The van der Waals surface area contributed by atoms with Crippen molar-refractivity contribution in [3.63, 3.8) is 0 Å². The lowest BCUT2D eigenvalue weighted by atomic mass is 9.76. The summed E-state index contributed by atoms with van der Waals surface area (Å²) in [6.07, 6.45) is 6.58. The van der Waals surface area contributed by atoms with Crippen molar-refractivity contribution >= 4 is 0 Å². The van der Waals surface area contributed by atoms with E-state index in [1.165, 1.54) is 38.8 Å². The van der Waals surface area contributed by atoms with E-state index < -0.39 is 0 Å². The number of likely N-dealkylation sites (tertiary alicyclic amines) is 1. The molecule has 1 saturated carbocycles. The van der Waals surface area contributed by atoms with Gasteiger partial charge in [-0.1, -0.05) is 13.8 Å². The van der Waals surface area contributed by atoms with Gasteiger partial charge in [-0.2, -0.15) is 0 Å². The van der Waals surface area contributed by atoms with Gasteiger partial charge in [0.2, 0.25) is 0 Å². The van der Waals surface area contributed by atoms with E-state index in [1.54, 1.807) is 0 Å². The predicted molar refractivity (Wildman–Crippen MR) is 75.6 cm³/mol. The van der Waals surface area contributed by atoms with E-state index >= 15 is 0 Å². The van der Waals surface area contributed by atoms with Crippen LogP contribution in [0.3, 0.4) is 0 Å². The van der Waals surface area contributed by atoms with Gasteiger partial charge in [0.05, 0.1) is 6.10 Å². The Kier molecular flexibility index (Phi) is 4.68. The monoisotopic (exact) mass is 254 g/mol. The molecule has 1 saturated heterocycles. The van der Waals surface area contributed by atoms with Gasteiger partial charge >= 0.3 is 0 Å². The normalized spacial score (nSPS) is 43.0. The lowest BCUT2D eigenvalue weighted by Gasteiger charge is -2.51. The SMILES string of the molecule is COC1CCCC(CN)(N2CCC(C)C(C)C2)C1. The molecule has 0 bridgehead atoms. The van der Waals surface area contributed by atoms with Crippen molar-refractivity contribution in [1.29, 1.82) is 0 Å². The Morgan fingerprint density at radius 2 is 2.06 bits per heavy atom. The number of piperidine rings is 1. The highest BCUT2D eigenvalue weighted by Crippen LogP contribution is 2.37. The highest BCUT2D eigenvalue weighted by atomic mass is 16.5. The molecule has 3 heteroatoms. The molecule has 0 amide bonds. The molecule has 0 spiro atoms. The van der Waals surface area contributed by atoms with Gasteiger partial charge in [-0.25, -0.2) is 0 Å². The fourth-order valence-corrected chi connectivity index (χ4v) is 3.78. The van der Waals surface area contributed by atoms with Gasteiger partial charge in [-0.15, -0.1) is 0 Å². The van der Waals surface area contributed by atoms with Crippen LogP contribution in [0.2, 0.25) is 0 Å². The van der Waals surface area contributed by atoms with Crippen LogP contribution in [0.4, 0.5) is 0 Å². The van der Waals surface area contributed by atoms with Crippen LogP contribution in [0.5, 0.6) is 0 Å². The van der Waals surface area contributed by atoms with Crippen LogP contribution >= 0.6 is 0 Å². The van der Waals surface area contributed by atoms with Crippen molar-refractivity contribution < 1.29 is 4.74 Å². The Balaban J connectivity index is 2.07. The average Bonchev–Trinajstić information content (AvgIpc) is 2.41. The lowest BCUT2D eigenvalue weighted by Crippen LogP contribution is -2.60. The minimum Gasteiger partial charge on any atom is -0.381 e. The minimum absolute atomic E-state index is 0.216. The molecule has 2 fully saturated rings. The standard InChI is InChI=1S/C15H30N2O/c1-12-6-8-17(10-13(12)2)15(11-16)7-4-5-14(9-15)18-3/h12-14H,4-11,16H2,1-3H3. The van der Waals surface area contributed by atoms with E-state index in [2.05, 4.69) is 18.7 Å². The Hall–Kier alpha value is -0.120. The summed E-state index contributed by atoms with van der Waals surface area (Å²) in [5.74, 6) is 1.66. The fourth-order valence-electron chi connectivity index (χ4n) is 3.78. The van der Waals surface area contributed by atoms with Crippen molar-refractivity contribution in [2.45, 2.75) is 57.6 Å². The minimum atomic E-state index is 0.216. The number of hydrogen-bond acceptors (Lipinski definition) is 3. The van der Waals surface area contributed by atoms with E-state index in [1.807, 2.05) is 7.11 Å². The van der Waals surface area contributed by atoms with Gasteiger partial charge in [-0.05, 0) is 50.5 Å². The number of hydrogen-bond donors (Lipinski definition) is 1. The molecular formula is C15H30N2O. The first-order valence-electron chi connectivity index (χ1n) is 7.59. The molecule has 4 unspecified atom stereocenters. The van der Waals surface area contributed by atoms with Crippen molar-refractivity contribution in [1.82, 2.24) is 4.90 Å². The zero-order valence-corrected chi connectivity index (χ0v) is 12.3. The molecule has 18 heavy (non-hydrogen) atoms. The Bertz CT molecular complexity index is 271. The van der Waals surface area contributed by atoms with Gasteiger partial charge in [0, 0.05) is 25.7 Å². The van der Waals surface area contributed by atoms with Crippen LogP contribution in [-0.4, -0.2) is 43.3 Å². The average molecular weight is 254 g/mol. The van der Waals surface area contributed by atoms with E-state index in [0.29, 0.717) is 6.10 Å². The molecule has 106 valence electrons. The van der Waals surface area contributed by atoms with Crippen LogP contribution in [0.25, 0.3) is 0 Å². The summed E-state index contributed by atoms with van der Waals surface area (Å²) in [5, 5.41) is 0. The summed E-state index contributed by atoms with van der Waals surface area (Å²) in [5.41, 5.74) is 6.38. The van der Waals surface area contributed by atoms with Crippen molar-refractivity contribution in [3.05, 3.63) is 0 Å². The molecule has 1 aliphatic heterocycles. The maximum absolute atomic E-state index is 6.17. The third-order valence-electron chi connectivity index (χ3n) is 5.49. The second kappa shape index (κ2) is 5.89. The molecule has 1 aliphatic carbocycles. The Morgan fingerprint density at radius 3 is 2.67 bits per heavy atom. The molecule has 1 heterocycles. The Labute approximate surface area is 112 Å². The molecule has 0 radical (unpaired) electrons. The summed E-state index contributed by atoms with van der Waals surface area (Å²) in [7, 11) is 1.85. The van der Waals surface area contributed by atoms with Crippen molar-refractivity contribution in [3.8, 4) is 0 Å². The predicted octanol–water partition coefficient (Wildman–Crippen LogP) is 2.25. The van der Waals surface area contributed by atoms with Gasteiger partial charge in [0.15, 0.2) is 0 Å². The number of ether oxygens (including phenoxy) is 1. The quantitative estimate of drug-likeness (QED) is 0.839. The number of methoxy groups -OCH3 is 1. The van der Waals surface area contributed by atoms with Gasteiger partial charge < -0.3 is 10.5 Å². The van der Waals surface area contributed by atoms with E-state index in [4.69, 9.17) is 10.5 Å². The maximum Gasteiger partial charge on any atom is 0.0589 e. The summed E-state index contributed by atoms with van der Waals surface area (Å²) in [6.45, 7) is 8.00.